The number of urea groups is 1. The molecule has 1 aliphatic carbocycles. The van der Waals surface area contributed by atoms with Crippen LogP contribution in [0.1, 0.15) is 32.1 Å². The molecule has 0 spiro atoms. The van der Waals surface area contributed by atoms with E-state index in [1.54, 1.807) is 12.1 Å². The molecule has 6 nitrogen and oxygen atoms in total. The number of aliphatic hydroxyl groups is 1. The smallest absolute Gasteiger partial charge is 0.320 e. The van der Waals surface area contributed by atoms with E-state index in [4.69, 9.17) is 0 Å². The maximum atomic E-state index is 11.6. The van der Waals surface area contributed by atoms with Crippen molar-refractivity contribution in [3.63, 3.8) is 0 Å². The van der Waals surface area contributed by atoms with Crippen LogP contribution in [0.25, 0.3) is 0 Å². The second kappa shape index (κ2) is 5.77. The van der Waals surface area contributed by atoms with Crippen molar-refractivity contribution in [2.24, 2.45) is 0 Å². The molecule has 3 N–H and O–H groups in total. The van der Waals surface area contributed by atoms with Gasteiger partial charge in [-0.2, -0.15) is 5.10 Å². The van der Waals surface area contributed by atoms with Gasteiger partial charge in [-0.1, -0.05) is 19.3 Å². The molecular weight excluding hydrogens is 232 g/mol. The van der Waals surface area contributed by atoms with Gasteiger partial charge in [0.2, 0.25) is 0 Å². The van der Waals surface area contributed by atoms with Crippen LogP contribution >= 0.6 is 0 Å². The van der Waals surface area contributed by atoms with Crippen LogP contribution in [-0.2, 0) is 0 Å². The summed E-state index contributed by atoms with van der Waals surface area (Å²) in [5.41, 5.74) is -0.752. The Morgan fingerprint density at radius 1 is 1.39 bits per heavy atom. The van der Waals surface area contributed by atoms with Crippen LogP contribution in [0, 0.1) is 0 Å². The third kappa shape index (κ3) is 3.66. The van der Waals surface area contributed by atoms with Gasteiger partial charge in [-0.05, 0) is 25.0 Å². The molecule has 0 aromatic carbocycles. The Labute approximate surface area is 106 Å². The van der Waals surface area contributed by atoms with E-state index in [0.29, 0.717) is 5.82 Å². The van der Waals surface area contributed by atoms with Crippen molar-refractivity contribution < 1.29 is 9.90 Å². The Bertz CT molecular complexity index is 390. The summed E-state index contributed by atoms with van der Waals surface area (Å²) in [5.74, 6) is 0.394. The Morgan fingerprint density at radius 2 is 2.17 bits per heavy atom. The van der Waals surface area contributed by atoms with Gasteiger partial charge in [-0.15, -0.1) is 5.10 Å². The lowest BCUT2D eigenvalue weighted by Gasteiger charge is -2.32. The number of aromatic nitrogens is 2. The zero-order valence-corrected chi connectivity index (χ0v) is 10.2. The first kappa shape index (κ1) is 12.8. The molecule has 0 unspecified atom stereocenters. The van der Waals surface area contributed by atoms with Crippen molar-refractivity contribution in [1.82, 2.24) is 15.5 Å². The monoisotopic (exact) mass is 250 g/mol. The Kier molecular flexibility index (Phi) is 4.09. The van der Waals surface area contributed by atoms with E-state index in [9.17, 15) is 9.90 Å². The van der Waals surface area contributed by atoms with Crippen LogP contribution < -0.4 is 10.6 Å². The van der Waals surface area contributed by atoms with Gasteiger partial charge in [0, 0.05) is 12.7 Å². The minimum atomic E-state index is -0.752. The van der Waals surface area contributed by atoms with Crippen molar-refractivity contribution in [2.75, 3.05) is 11.9 Å². The van der Waals surface area contributed by atoms with Gasteiger partial charge in [0.25, 0.3) is 0 Å². The highest BCUT2D eigenvalue weighted by atomic mass is 16.3. The highest BCUT2D eigenvalue weighted by molar-refractivity contribution is 5.88. The maximum Gasteiger partial charge on any atom is 0.320 e. The first-order valence-corrected chi connectivity index (χ1v) is 6.23. The lowest BCUT2D eigenvalue weighted by molar-refractivity contribution is 0.00755. The molecule has 0 aliphatic heterocycles. The average molecular weight is 250 g/mol. The number of amides is 2. The standard InChI is InChI=1S/C12H18N4O2/c17-11(15-10-5-4-8-14-16-10)13-9-12(18)6-2-1-3-7-12/h4-5,8,18H,1-3,6-7,9H2,(H2,13,15,16,17). The predicted molar refractivity (Wildman–Crippen MR) is 67.1 cm³/mol. The largest absolute Gasteiger partial charge is 0.388 e. The fourth-order valence-corrected chi connectivity index (χ4v) is 2.16. The van der Waals surface area contributed by atoms with Crippen LogP contribution in [0.4, 0.5) is 10.6 Å². The van der Waals surface area contributed by atoms with Crippen molar-refractivity contribution in [3.05, 3.63) is 18.3 Å². The summed E-state index contributed by atoms with van der Waals surface area (Å²) in [6.45, 7) is 0.277. The minimum absolute atomic E-state index is 0.277. The number of hydrogen-bond acceptors (Lipinski definition) is 4. The normalized spacial score (nSPS) is 18.1. The van der Waals surface area contributed by atoms with Crippen molar-refractivity contribution in [2.45, 2.75) is 37.7 Å². The van der Waals surface area contributed by atoms with Crippen LogP contribution in [0.3, 0.4) is 0 Å². The first-order valence-electron chi connectivity index (χ1n) is 6.23. The second-order valence-corrected chi connectivity index (χ2v) is 4.70. The van der Waals surface area contributed by atoms with Crippen LogP contribution in [0.5, 0.6) is 0 Å². The number of carbonyl (C=O) groups excluding carboxylic acids is 1. The molecule has 1 heterocycles. The number of rotatable bonds is 3. The molecule has 1 saturated carbocycles. The number of nitrogens with one attached hydrogen (secondary N) is 2. The molecule has 0 radical (unpaired) electrons. The van der Waals surface area contributed by atoms with Crippen LogP contribution in [0.15, 0.2) is 18.3 Å². The molecule has 0 saturated heterocycles. The van der Waals surface area contributed by atoms with Gasteiger partial charge in [0.05, 0.1) is 5.60 Å². The summed E-state index contributed by atoms with van der Waals surface area (Å²) in [6.07, 6.45) is 6.23. The van der Waals surface area contributed by atoms with E-state index in [0.717, 1.165) is 32.1 Å². The summed E-state index contributed by atoms with van der Waals surface area (Å²) in [5, 5.41) is 22.9. The predicted octanol–water partition coefficient (Wildman–Crippen LogP) is 1.29. The summed E-state index contributed by atoms with van der Waals surface area (Å²) in [4.78, 5) is 11.6. The van der Waals surface area contributed by atoms with E-state index in [1.807, 2.05) is 0 Å². The maximum absolute atomic E-state index is 11.6. The van der Waals surface area contributed by atoms with Gasteiger partial charge in [0.15, 0.2) is 5.82 Å². The molecule has 1 aromatic rings. The average Bonchev–Trinajstić information content (AvgIpc) is 2.39. The van der Waals surface area contributed by atoms with Gasteiger partial charge in [0.1, 0.15) is 0 Å². The lowest BCUT2D eigenvalue weighted by Crippen LogP contribution is -2.45. The van der Waals surface area contributed by atoms with Gasteiger partial charge in [-0.25, -0.2) is 4.79 Å². The molecule has 1 aliphatic rings. The van der Waals surface area contributed by atoms with E-state index in [1.165, 1.54) is 6.20 Å². The Balaban J connectivity index is 1.78. The second-order valence-electron chi connectivity index (χ2n) is 4.70. The van der Waals surface area contributed by atoms with Crippen LogP contribution in [-0.4, -0.2) is 33.5 Å². The molecule has 6 heteroatoms. The van der Waals surface area contributed by atoms with E-state index in [2.05, 4.69) is 20.8 Å². The minimum Gasteiger partial charge on any atom is -0.388 e. The lowest BCUT2D eigenvalue weighted by atomic mass is 9.85. The highest BCUT2D eigenvalue weighted by Gasteiger charge is 2.29. The van der Waals surface area contributed by atoms with Gasteiger partial charge < -0.3 is 10.4 Å². The fourth-order valence-electron chi connectivity index (χ4n) is 2.16. The van der Waals surface area contributed by atoms with Gasteiger partial charge in [-0.3, -0.25) is 5.32 Å². The molecule has 1 fully saturated rings. The SMILES string of the molecule is O=C(NCC1(O)CCCCC1)Nc1cccnn1. The van der Waals surface area contributed by atoms with Crippen molar-refractivity contribution >= 4 is 11.8 Å². The topological polar surface area (TPSA) is 87.1 Å². The third-order valence-corrected chi connectivity index (χ3v) is 3.18. The van der Waals surface area contributed by atoms with Crippen molar-refractivity contribution in [3.8, 4) is 0 Å². The van der Waals surface area contributed by atoms with E-state index >= 15 is 0 Å². The van der Waals surface area contributed by atoms with E-state index < -0.39 is 5.60 Å². The van der Waals surface area contributed by atoms with E-state index in [-0.39, 0.29) is 12.6 Å². The zero-order valence-electron chi connectivity index (χ0n) is 10.2. The van der Waals surface area contributed by atoms with Crippen LogP contribution in [0.2, 0.25) is 0 Å². The molecule has 18 heavy (non-hydrogen) atoms. The quantitative estimate of drug-likeness (QED) is 0.754. The first-order chi connectivity index (χ1) is 8.68. The number of anilines is 1. The Morgan fingerprint density at radius 3 is 2.83 bits per heavy atom. The molecule has 2 rings (SSSR count). The summed E-state index contributed by atoms with van der Waals surface area (Å²) in [6, 6.07) is 2.98. The molecule has 2 amide bonds. The highest BCUT2D eigenvalue weighted by Crippen LogP contribution is 2.27. The fraction of sp³-hybridized carbons (Fsp3) is 0.583. The molecule has 0 atom stereocenters. The van der Waals surface area contributed by atoms with Crippen molar-refractivity contribution in [1.29, 1.82) is 0 Å². The summed E-state index contributed by atoms with van der Waals surface area (Å²) >= 11 is 0. The summed E-state index contributed by atoms with van der Waals surface area (Å²) < 4.78 is 0. The molecule has 1 aromatic heterocycles. The molecule has 98 valence electrons. The number of carbonyl (C=O) groups is 1. The third-order valence-electron chi connectivity index (χ3n) is 3.18. The molecular formula is C12H18N4O2. The number of nitrogens with zero attached hydrogens (tertiary/aromatic N) is 2. The zero-order chi connectivity index (χ0) is 12.8. The molecule has 0 bridgehead atoms. The Hall–Kier alpha value is -1.69. The number of hydrogen-bond donors (Lipinski definition) is 3. The van der Waals surface area contributed by atoms with Gasteiger partial charge >= 0.3 is 6.03 Å². The summed E-state index contributed by atoms with van der Waals surface area (Å²) in [7, 11) is 0.